The second-order valence-electron chi connectivity index (χ2n) is 7.70. The van der Waals surface area contributed by atoms with Gasteiger partial charge in [0.25, 0.3) is 17.7 Å². The Hall–Kier alpha value is -4.17. The highest BCUT2D eigenvalue weighted by Crippen LogP contribution is 2.32. The summed E-state index contributed by atoms with van der Waals surface area (Å²) in [6.45, 7) is 3.76. The van der Waals surface area contributed by atoms with Gasteiger partial charge in [-0.25, -0.2) is 9.88 Å². The number of aromatic nitrogens is 2. The Balaban J connectivity index is 1.40. The maximum Gasteiger partial charge on any atom is 0.266 e. The second-order valence-corrected chi connectivity index (χ2v) is 8.56. The van der Waals surface area contributed by atoms with Gasteiger partial charge >= 0.3 is 0 Å². The predicted octanol–water partition coefficient (Wildman–Crippen LogP) is 4.87. The van der Waals surface area contributed by atoms with E-state index in [0.717, 1.165) is 11.1 Å². The lowest BCUT2D eigenvalue weighted by molar-refractivity contribution is 0.0925. The van der Waals surface area contributed by atoms with Crippen molar-refractivity contribution in [3.8, 4) is 11.4 Å². The van der Waals surface area contributed by atoms with Crippen LogP contribution in [0.15, 0.2) is 66.2 Å². The third-order valence-corrected chi connectivity index (χ3v) is 6.16. The molecule has 0 aliphatic carbocycles. The van der Waals surface area contributed by atoms with Crippen molar-refractivity contribution in [3.63, 3.8) is 0 Å². The van der Waals surface area contributed by atoms with Gasteiger partial charge in [0.05, 0.1) is 22.5 Å². The molecule has 1 aliphatic heterocycles. The van der Waals surface area contributed by atoms with Gasteiger partial charge in [0, 0.05) is 17.1 Å². The SMILES string of the molecule is Cc1ccc(C)c(N2C(=O)c3ccc(C(=O)Nc4nc(-c5ccccn5)cs4)cc3C2=O)c1. The first-order valence-corrected chi connectivity index (χ1v) is 11.1. The number of amides is 3. The van der Waals surface area contributed by atoms with Crippen LogP contribution >= 0.6 is 11.3 Å². The van der Waals surface area contributed by atoms with E-state index < -0.39 is 17.7 Å². The van der Waals surface area contributed by atoms with Crippen LogP contribution in [0.5, 0.6) is 0 Å². The molecule has 4 aromatic rings. The zero-order valence-corrected chi connectivity index (χ0v) is 18.6. The van der Waals surface area contributed by atoms with E-state index in [9.17, 15) is 14.4 Å². The van der Waals surface area contributed by atoms with E-state index in [-0.39, 0.29) is 16.7 Å². The number of carbonyl (C=O) groups is 3. The molecule has 0 atom stereocenters. The van der Waals surface area contributed by atoms with Gasteiger partial charge in [0.15, 0.2) is 5.13 Å². The van der Waals surface area contributed by atoms with Crippen LogP contribution in [0.3, 0.4) is 0 Å². The summed E-state index contributed by atoms with van der Waals surface area (Å²) in [6.07, 6.45) is 1.68. The molecule has 1 aliphatic rings. The lowest BCUT2D eigenvalue weighted by atomic mass is 10.1. The summed E-state index contributed by atoms with van der Waals surface area (Å²) >= 11 is 1.28. The Labute approximate surface area is 193 Å². The number of anilines is 2. The van der Waals surface area contributed by atoms with Crippen LogP contribution in [0.1, 0.15) is 42.2 Å². The fraction of sp³-hybridized carbons (Fsp3) is 0.0800. The average molecular weight is 455 g/mol. The van der Waals surface area contributed by atoms with Gasteiger partial charge in [-0.3, -0.25) is 24.7 Å². The monoisotopic (exact) mass is 454 g/mol. The molecule has 3 heterocycles. The Morgan fingerprint density at radius 3 is 2.55 bits per heavy atom. The average Bonchev–Trinajstić information content (AvgIpc) is 3.38. The summed E-state index contributed by atoms with van der Waals surface area (Å²) in [4.78, 5) is 48.8. The summed E-state index contributed by atoms with van der Waals surface area (Å²) < 4.78 is 0. The quantitative estimate of drug-likeness (QED) is 0.444. The van der Waals surface area contributed by atoms with Crippen molar-refractivity contribution in [3.05, 3.63) is 94.0 Å². The minimum absolute atomic E-state index is 0.210. The molecule has 162 valence electrons. The number of fused-ring (bicyclic) bond motifs is 1. The largest absolute Gasteiger partial charge is 0.298 e. The molecule has 0 saturated carbocycles. The predicted molar refractivity (Wildman–Crippen MR) is 127 cm³/mol. The third kappa shape index (κ3) is 3.70. The summed E-state index contributed by atoms with van der Waals surface area (Å²) in [6, 6.07) is 15.7. The molecule has 8 heteroatoms. The van der Waals surface area contributed by atoms with Crippen LogP contribution in [0.2, 0.25) is 0 Å². The number of pyridine rings is 1. The van der Waals surface area contributed by atoms with E-state index >= 15 is 0 Å². The minimum atomic E-state index is -0.440. The van der Waals surface area contributed by atoms with Gasteiger partial charge in [0.2, 0.25) is 0 Å². The first-order valence-electron chi connectivity index (χ1n) is 10.2. The van der Waals surface area contributed by atoms with E-state index in [1.807, 2.05) is 55.6 Å². The molecule has 0 unspecified atom stereocenters. The number of thiazole rings is 1. The van der Waals surface area contributed by atoms with E-state index in [1.54, 1.807) is 12.3 Å². The van der Waals surface area contributed by atoms with Crippen molar-refractivity contribution >= 4 is 39.9 Å². The number of nitrogens with one attached hydrogen (secondary N) is 1. The molecular weight excluding hydrogens is 436 g/mol. The number of aryl methyl sites for hydroxylation is 2. The van der Waals surface area contributed by atoms with Crippen LogP contribution in [-0.2, 0) is 0 Å². The number of rotatable bonds is 4. The van der Waals surface area contributed by atoms with Crippen LogP contribution in [-0.4, -0.2) is 27.7 Å². The molecule has 0 radical (unpaired) electrons. The zero-order chi connectivity index (χ0) is 23.1. The fourth-order valence-electron chi connectivity index (χ4n) is 3.69. The number of benzene rings is 2. The normalized spacial score (nSPS) is 12.7. The van der Waals surface area contributed by atoms with Crippen molar-refractivity contribution in [2.45, 2.75) is 13.8 Å². The molecule has 1 N–H and O–H groups in total. The van der Waals surface area contributed by atoms with Crippen molar-refractivity contribution in [1.29, 1.82) is 0 Å². The first kappa shape index (κ1) is 20.7. The molecule has 0 spiro atoms. The highest BCUT2D eigenvalue weighted by molar-refractivity contribution is 7.14. The molecular formula is C25H18N4O3S. The van der Waals surface area contributed by atoms with Gasteiger partial charge < -0.3 is 0 Å². The second kappa shape index (κ2) is 8.07. The first-order chi connectivity index (χ1) is 15.9. The maximum absolute atomic E-state index is 13.1. The topological polar surface area (TPSA) is 92.3 Å². The summed E-state index contributed by atoms with van der Waals surface area (Å²) in [7, 11) is 0. The van der Waals surface area contributed by atoms with Crippen LogP contribution in [0.25, 0.3) is 11.4 Å². The van der Waals surface area contributed by atoms with Crippen molar-refractivity contribution in [1.82, 2.24) is 9.97 Å². The standard InChI is InChI=1S/C25H18N4O3S/c1-14-6-7-15(2)21(11-14)29-23(31)17-9-8-16(12-18(17)24(29)32)22(30)28-25-27-20(13-33-25)19-5-3-4-10-26-19/h3-13H,1-2H3,(H,27,28,30). The molecule has 0 saturated heterocycles. The molecule has 0 bridgehead atoms. The van der Waals surface area contributed by atoms with Gasteiger partial charge in [-0.2, -0.15) is 0 Å². The molecule has 5 rings (SSSR count). The Bertz CT molecular complexity index is 1430. The summed E-state index contributed by atoms with van der Waals surface area (Å²) in [5.41, 5.74) is 4.45. The van der Waals surface area contributed by atoms with Crippen molar-refractivity contribution in [2.75, 3.05) is 10.2 Å². The Kier molecular flexibility index (Phi) is 5.07. The van der Waals surface area contributed by atoms with E-state index in [1.165, 1.54) is 28.4 Å². The number of imide groups is 1. The third-order valence-electron chi connectivity index (χ3n) is 5.41. The van der Waals surface area contributed by atoms with Gasteiger partial charge in [0.1, 0.15) is 5.69 Å². The highest BCUT2D eigenvalue weighted by Gasteiger charge is 2.37. The fourth-order valence-corrected chi connectivity index (χ4v) is 4.39. The van der Waals surface area contributed by atoms with Crippen molar-refractivity contribution < 1.29 is 14.4 Å². The van der Waals surface area contributed by atoms with E-state index in [4.69, 9.17) is 0 Å². The lowest BCUT2D eigenvalue weighted by Crippen LogP contribution is -2.30. The number of hydrogen-bond acceptors (Lipinski definition) is 6. The molecule has 3 amide bonds. The zero-order valence-electron chi connectivity index (χ0n) is 17.8. The van der Waals surface area contributed by atoms with Gasteiger partial charge in [-0.1, -0.05) is 18.2 Å². The van der Waals surface area contributed by atoms with Gasteiger partial charge in [-0.15, -0.1) is 11.3 Å². The Morgan fingerprint density at radius 1 is 0.939 bits per heavy atom. The lowest BCUT2D eigenvalue weighted by Gasteiger charge is -2.17. The van der Waals surface area contributed by atoms with E-state index in [0.29, 0.717) is 22.2 Å². The molecule has 33 heavy (non-hydrogen) atoms. The van der Waals surface area contributed by atoms with Crippen molar-refractivity contribution in [2.24, 2.45) is 0 Å². The molecule has 7 nitrogen and oxygen atoms in total. The number of carbonyl (C=O) groups excluding carboxylic acids is 3. The van der Waals surface area contributed by atoms with Crippen LogP contribution < -0.4 is 10.2 Å². The summed E-state index contributed by atoms with van der Waals surface area (Å²) in [5.74, 6) is -1.24. The molecule has 0 fully saturated rings. The van der Waals surface area contributed by atoms with Crippen LogP contribution in [0, 0.1) is 13.8 Å². The molecule has 2 aromatic heterocycles. The smallest absolute Gasteiger partial charge is 0.266 e. The maximum atomic E-state index is 13.1. The van der Waals surface area contributed by atoms with E-state index in [2.05, 4.69) is 15.3 Å². The molecule has 2 aromatic carbocycles. The number of hydrogen-bond donors (Lipinski definition) is 1. The van der Waals surface area contributed by atoms with Gasteiger partial charge in [-0.05, 0) is 61.4 Å². The highest BCUT2D eigenvalue weighted by atomic mass is 32.1. The summed E-state index contributed by atoms with van der Waals surface area (Å²) in [5, 5.41) is 4.98. The van der Waals surface area contributed by atoms with Crippen LogP contribution in [0.4, 0.5) is 10.8 Å². The minimum Gasteiger partial charge on any atom is -0.298 e. The number of nitrogens with zero attached hydrogens (tertiary/aromatic N) is 3. The Morgan fingerprint density at radius 2 is 1.76 bits per heavy atom.